The summed E-state index contributed by atoms with van der Waals surface area (Å²) in [5.74, 6) is 1.65. The molecule has 0 aliphatic carbocycles. The quantitative estimate of drug-likeness (QED) is 0.788. The van der Waals surface area contributed by atoms with Crippen LogP contribution in [-0.4, -0.2) is 45.7 Å². The number of nitrogens with one attached hydrogen (secondary N) is 1. The van der Waals surface area contributed by atoms with Gasteiger partial charge in [-0.2, -0.15) is 0 Å². The first kappa shape index (κ1) is 15.9. The first-order chi connectivity index (χ1) is 8.89. The van der Waals surface area contributed by atoms with Gasteiger partial charge in [0.1, 0.15) is 11.6 Å². The van der Waals surface area contributed by atoms with Crippen LogP contribution in [0.5, 0.6) is 0 Å². The van der Waals surface area contributed by atoms with Gasteiger partial charge >= 0.3 is 0 Å². The van der Waals surface area contributed by atoms with Gasteiger partial charge in [0.15, 0.2) is 0 Å². The number of hydrogen-bond acceptors (Lipinski definition) is 5. The lowest BCUT2D eigenvalue weighted by Gasteiger charge is -2.33. The van der Waals surface area contributed by atoms with E-state index in [0.717, 1.165) is 30.3 Å². The maximum absolute atomic E-state index is 9.37. The predicted molar refractivity (Wildman–Crippen MR) is 78.2 cm³/mol. The van der Waals surface area contributed by atoms with Crippen LogP contribution in [0, 0.1) is 6.92 Å². The molecule has 0 amide bonds. The van der Waals surface area contributed by atoms with Crippen molar-refractivity contribution < 1.29 is 5.11 Å². The van der Waals surface area contributed by atoms with Gasteiger partial charge in [-0.25, -0.2) is 9.97 Å². The van der Waals surface area contributed by atoms with E-state index in [-0.39, 0.29) is 12.1 Å². The molecule has 108 valence electrons. The number of likely N-dealkylation sites (N-methyl/N-ethyl adjacent to an activating group) is 1. The summed E-state index contributed by atoms with van der Waals surface area (Å²) < 4.78 is 0. The lowest BCUT2D eigenvalue weighted by molar-refractivity contribution is 0.0714. The van der Waals surface area contributed by atoms with Gasteiger partial charge in [-0.3, -0.25) is 4.90 Å². The lowest BCUT2D eigenvalue weighted by Crippen LogP contribution is -2.44. The van der Waals surface area contributed by atoms with Crippen molar-refractivity contribution in [1.29, 1.82) is 0 Å². The third-order valence-corrected chi connectivity index (χ3v) is 3.26. The molecule has 0 unspecified atom stereocenters. The fourth-order valence-corrected chi connectivity index (χ4v) is 1.59. The summed E-state index contributed by atoms with van der Waals surface area (Å²) in [5.41, 5.74) is 0.684. The van der Waals surface area contributed by atoms with Crippen LogP contribution in [0.1, 0.15) is 38.7 Å². The molecule has 1 heterocycles. The Morgan fingerprint density at radius 1 is 1.37 bits per heavy atom. The summed E-state index contributed by atoms with van der Waals surface area (Å²) >= 11 is 0. The first-order valence-corrected chi connectivity index (χ1v) is 6.79. The van der Waals surface area contributed by atoms with Crippen molar-refractivity contribution in [2.75, 3.05) is 25.5 Å². The molecule has 0 saturated heterocycles. The molecular formula is C14H26N4O. The van der Waals surface area contributed by atoms with E-state index in [1.807, 2.05) is 33.9 Å². The van der Waals surface area contributed by atoms with E-state index in [0.29, 0.717) is 6.54 Å². The monoisotopic (exact) mass is 266 g/mol. The highest BCUT2D eigenvalue weighted by atomic mass is 16.3. The number of aromatic nitrogens is 2. The highest BCUT2D eigenvalue weighted by molar-refractivity contribution is 5.35. The van der Waals surface area contributed by atoms with E-state index in [1.165, 1.54) is 0 Å². The zero-order chi connectivity index (χ0) is 14.5. The highest BCUT2D eigenvalue weighted by Crippen LogP contribution is 2.15. The summed E-state index contributed by atoms with van der Waals surface area (Å²) in [7, 11) is 1.97. The Balaban J connectivity index is 2.80. The minimum atomic E-state index is -0.274. The number of hydrogen-bond donors (Lipinski definition) is 2. The van der Waals surface area contributed by atoms with Gasteiger partial charge in [0, 0.05) is 23.8 Å². The van der Waals surface area contributed by atoms with E-state index in [2.05, 4.69) is 27.1 Å². The summed E-state index contributed by atoms with van der Waals surface area (Å²) in [6.07, 6.45) is 1.07. The second-order valence-corrected chi connectivity index (χ2v) is 5.56. The average Bonchev–Trinajstić information content (AvgIpc) is 2.35. The maximum atomic E-state index is 9.37. The zero-order valence-corrected chi connectivity index (χ0v) is 12.7. The normalized spacial score (nSPS) is 11.9. The van der Waals surface area contributed by atoms with Gasteiger partial charge in [0.25, 0.3) is 0 Å². The molecule has 2 N–H and O–H groups in total. The van der Waals surface area contributed by atoms with Crippen LogP contribution in [0.15, 0.2) is 6.07 Å². The third kappa shape index (κ3) is 4.76. The average molecular weight is 266 g/mol. The fourth-order valence-electron chi connectivity index (χ4n) is 1.59. The molecule has 0 saturated carbocycles. The Hall–Kier alpha value is -1.20. The molecule has 0 spiro atoms. The lowest BCUT2D eigenvalue weighted by atomic mass is 10.1. The van der Waals surface area contributed by atoms with Crippen molar-refractivity contribution in [2.45, 2.75) is 46.2 Å². The topological polar surface area (TPSA) is 61.3 Å². The minimum Gasteiger partial charge on any atom is -0.394 e. The van der Waals surface area contributed by atoms with Crippen molar-refractivity contribution >= 4 is 5.82 Å². The maximum Gasteiger partial charge on any atom is 0.144 e. The first-order valence-electron chi connectivity index (χ1n) is 6.79. The molecule has 5 nitrogen and oxygen atoms in total. The van der Waals surface area contributed by atoms with Crippen LogP contribution in [0.3, 0.4) is 0 Å². The van der Waals surface area contributed by atoms with Crippen LogP contribution >= 0.6 is 0 Å². The van der Waals surface area contributed by atoms with Crippen molar-refractivity contribution in [3.63, 3.8) is 0 Å². The fraction of sp³-hybridized carbons (Fsp3) is 0.714. The molecule has 0 atom stereocenters. The van der Waals surface area contributed by atoms with Gasteiger partial charge in [-0.1, -0.05) is 6.92 Å². The number of nitrogens with zero attached hydrogens (tertiary/aromatic N) is 3. The van der Waals surface area contributed by atoms with Gasteiger partial charge in [-0.15, -0.1) is 0 Å². The largest absolute Gasteiger partial charge is 0.394 e. The molecule has 0 bridgehead atoms. The second-order valence-electron chi connectivity index (χ2n) is 5.56. The summed E-state index contributed by atoms with van der Waals surface area (Å²) in [4.78, 5) is 11.0. The summed E-state index contributed by atoms with van der Waals surface area (Å²) in [5, 5.41) is 12.7. The Kier molecular flexibility index (Phi) is 5.69. The number of aryl methyl sites for hydroxylation is 1. The van der Waals surface area contributed by atoms with E-state index >= 15 is 0 Å². The molecular weight excluding hydrogens is 240 g/mol. The smallest absolute Gasteiger partial charge is 0.144 e. The van der Waals surface area contributed by atoms with Gasteiger partial charge in [-0.05, 0) is 34.2 Å². The van der Waals surface area contributed by atoms with E-state index in [1.54, 1.807) is 0 Å². The Morgan fingerprint density at radius 3 is 2.63 bits per heavy atom. The van der Waals surface area contributed by atoms with Crippen molar-refractivity contribution in [1.82, 2.24) is 14.9 Å². The van der Waals surface area contributed by atoms with Crippen LogP contribution in [0.25, 0.3) is 0 Å². The van der Waals surface area contributed by atoms with Crippen LogP contribution in [0.4, 0.5) is 5.82 Å². The van der Waals surface area contributed by atoms with Gasteiger partial charge in [0.2, 0.25) is 0 Å². The molecule has 0 fully saturated rings. The molecule has 5 heteroatoms. The standard InChI is InChI=1S/C14H26N4O/c1-6-7-15-12-8-11(2)16-13(17-12)9-18(5)14(3,4)10-19/h8,19H,6-7,9-10H2,1-5H3,(H,15,16,17). The zero-order valence-electron chi connectivity index (χ0n) is 12.7. The molecule has 0 aromatic carbocycles. The Morgan fingerprint density at radius 2 is 2.05 bits per heavy atom. The van der Waals surface area contributed by atoms with Crippen molar-refractivity contribution in [2.24, 2.45) is 0 Å². The van der Waals surface area contributed by atoms with E-state index in [9.17, 15) is 5.11 Å². The molecule has 0 aliphatic heterocycles. The Bertz CT molecular complexity index is 406. The number of aliphatic hydroxyl groups excluding tert-OH is 1. The van der Waals surface area contributed by atoms with Gasteiger partial charge in [0.05, 0.1) is 13.2 Å². The molecule has 1 aromatic heterocycles. The number of aliphatic hydroxyl groups is 1. The minimum absolute atomic E-state index is 0.107. The highest BCUT2D eigenvalue weighted by Gasteiger charge is 2.23. The third-order valence-electron chi connectivity index (χ3n) is 3.26. The number of rotatable bonds is 7. The van der Waals surface area contributed by atoms with Crippen molar-refractivity contribution in [3.8, 4) is 0 Å². The van der Waals surface area contributed by atoms with Crippen LogP contribution < -0.4 is 5.32 Å². The molecule has 0 radical (unpaired) electrons. The molecule has 19 heavy (non-hydrogen) atoms. The van der Waals surface area contributed by atoms with Crippen LogP contribution in [0.2, 0.25) is 0 Å². The van der Waals surface area contributed by atoms with E-state index < -0.39 is 0 Å². The van der Waals surface area contributed by atoms with Gasteiger partial charge < -0.3 is 10.4 Å². The predicted octanol–water partition coefficient (Wildman–Crippen LogP) is 1.81. The molecule has 1 rings (SSSR count). The summed E-state index contributed by atoms with van der Waals surface area (Å²) in [6.45, 7) is 9.73. The SMILES string of the molecule is CCCNc1cc(C)nc(CN(C)C(C)(C)CO)n1. The molecule has 0 aliphatic rings. The Labute approximate surface area is 116 Å². The van der Waals surface area contributed by atoms with Crippen LogP contribution in [-0.2, 0) is 6.54 Å². The number of anilines is 1. The van der Waals surface area contributed by atoms with E-state index in [4.69, 9.17) is 0 Å². The molecule has 1 aromatic rings. The summed E-state index contributed by atoms with van der Waals surface area (Å²) in [6, 6.07) is 1.95. The second kappa shape index (κ2) is 6.82. The van der Waals surface area contributed by atoms with Crippen molar-refractivity contribution in [3.05, 3.63) is 17.6 Å².